The highest BCUT2D eigenvalue weighted by Crippen LogP contribution is 2.15. The molecule has 1 fully saturated rings. The molecule has 120 valence electrons. The number of tetrazole rings is 1. The number of benzene rings is 1. The number of carbonyl (C=O) groups excluding carboxylic acids is 2. The van der Waals surface area contributed by atoms with Crippen molar-refractivity contribution >= 4 is 11.8 Å². The molecule has 3 rings (SSSR count). The Morgan fingerprint density at radius 3 is 2.78 bits per heavy atom. The normalized spacial score (nSPS) is 18.1. The summed E-state index contributed by atoms with van der Waals surface area (Å²) in [5, 5.41) is 17.4. The zero-order valence-electron chi connectivity index (χ0n) is 12.8. The van der Waals surface area contributed by atoms with E-state index in [2.05, 4.69) is 26.0 Å². The van der Waals surface area contributed by atoms with E-state index in [0.717, 1.165) is 18.4 Å². The molecule has 8 nitrogen and oxygen atoms in total. The zero-order chi connectivity index (χ0) is 16.2. The van der Waals surface area contributed by atoms with Gasteiger partial charge < -0.3 is 10.6 Å². The van der Waals surface area contributed by atoms with Crippen LogP contribution < -0.4 is 10.6 Å². The summed E-state index contributed by atoms with van der Waals surface area (Å²) in [6.07, 6.45) is 2.53. The lowest BCUT2D eigenvalue weighted by Crippen LogP contribution is -2.45. The van der Waals surface area contributed by atoms with E-state index in [4.69, 9.17) is 0 Å². The molecule has 1 aromatic heterocycles. The number of carbonyl (C=O) groups is 2. The summed E-state index contributed by atoms with van der Waals surface area (Å²) in [6, 6.07) is 6.44. The summed E-state index contributed by atoms with van der Waals surface area (Å²) < 4.78 is 0. The van der Waals surface area contributed by atoms with E-state index >= 15 is 0 Å². The van der Waals surface area contributed by atoms with Crippen molar-refractivity contribution in [2.24, 2.45) is 7.05 Å². The first-order chi connectivity index (χ1) is 11.1. The number of amides is 2. The lowest BCUT2D eigenvalue weighted by Gasteiger charge is -2.15. The Morgan fingerprint density at radius 2 is 2.09 bits per heavy atom. The van der Waals surface area contributed by atoms with E-state index in [9.17, 15) is 9.59 Å². The summed E-state index contributed by atoms with van der Waals surface area (Å²) in [6.45, 7) is 0.672. The first-order valence-electron chi connectivity index (χ1n) is 7.56. The van der Waals surface area contributed by atoms with E-state index in [1.54, 1.807) is 31.3 Å². The van der Waals surface area contributed by atoms with Crippen LogP contribution in [0.1, 0.15) is 29.6 Å². The maximum atomic E-state index is 12.3. The van der Waals surface area contributed by atoms with Crippen LogP contribution in [0.25, 0.3) is 11.4 Å². The third kappa shape index (κ3) is 3.53. The smallest absolute Gasteiger partial charge is 0.251 e. The molecule has 0 bridgehead atoms. The molecular formula is C15H18N6O2. The predicted molar refractivity (Wildman–Crippen MR) is 82.3 cm³/mol. The second kappa shape index (κ2) is 6.55. The molecule has 2 heterocycles. The summed E-state index contributed by atoms with van der Waals surface area (Å²) in [4.78, 5) is 25.5. The van der Waals surface area contributed by atoms with Gasteiger partial charge in [-0.2, -0.15) is 4.80 Å². The number of hydrogen-bond donors (Lipinski definition) is 2. The first kappa shape index (κ1) is 15.1. The SMILES string of the molecule is Cn1nnc(-c2ccc(C(=O)N[C@@H]3CCCCNC3=O)cc2)n1. The Bertz CT molecular complexity index is 709. The van der Waals surface area contributed by atoms with Crippen LogP contribution >= 0.6 is 0 Å². The van der Waals surface area contributed by atoms with Crippen molar-refractivity contribution in [2.75, 3.05) is 6.54 Å². The van der Waals surface area contributed by atoms with Gasteiger partial charge in [0.25, 0.3) is 5.91 Å². The summed E-state index contributed by atoms with van der Waals surface area (Å²) in [5.41, 5.74) is 1.27. The van der Waals surface area contributed by atoms with Gasteiger partial charge in [0.05, 0.1) is 7.05 Å². The minimum atomic E-state index is -0.466. The number of nitrogens with one attached hydrogen (secondary N) is 2. The second-order valence-corrected chi connectivity index (χ2v) is 5.49. The van der Waals surface area contributed by atoms with E-state index in [1.165, 1.54) is 4.80 Å². The number of aromatic nitrogens is 4. The number of nitrogens with zero attached hydrogens (tertiary/aromatic N) is 4. The van der Waals surface area contributed by atoms with Crippen molar-refractivity contribution in [2.45, 2.75) is 25.3 Å². The maximum Gasteiger partial charge on any atom is 0.251 e. The average molecular weight is 314 g/mol. The van der Waals surface area contributed by atoms with E-state index < -0.39 is 6.04 Å². The van der Waals surface area contributed by atoms with Gasteiger partial charge >= 0.3 is 0 Å². The number of aryl methyl sites for hydroxylation is 1. The molecule has 2 N–H and O–H groups in total. The molecule has 1 aliphatic heterocycles. The topological polar surface area (TPSA) is 102 Å². The molecule has 23 heavy (non-hydrogen) atoms. The molecule has 0 spiro atoms. The van der Waals surface area contributed by atoms with E-state index in [1.807, 2.05) is 0 Å². The van der Waals surface area contributed by atoms with Crippen LogP contribution in [0.2, 0.25) is 0 Å². The van der Waals surface area contributed by atoms with Crippen LogP contribution in [0.3, 0.4) is 0 Å². The molecule has 0 unspecified atom stereocenters. The maximum absolute atomic E-state index is 12.3. The fraction of sp³-hybridized carbons (Fsp3) is 0.400. The van der Waals surface area contributed by atoms with Crippen molar-refractivity contribution in [3.05, 3.63) is 29.8 Å². The summed E-state index contributed by atoms with van der Waals surface area (Å²) in [7, 11) is 1.69. The lowest BCUT2D eigenvalue weighted by molar-refractivity contribution is -0.122. The van der Waals surface area contributed by atoms with Crippen LogP contribution in [0.5, 0.6) is 0 Å². The average Bonchev–Trinajstić information content (AvgIpc) is 2.89. The molecule has 1 saturated heterocycles. The fourth-order valence-corrected chi connectivity index (χ4v) is 2.49. The van der Waals surface area contributed by atoms with Gasteiger partial charge in [0, 0.05) is 17.7 Å². The highest BCUT2D eigenvalue weighted by molar-refractivity contribution is 5.97. The van der Waals surface area contributed by atoms with E-state index in [0.29, 0.717) is 24.4 Å². The van der Waals surface area contributed by atoms with Gasteiger partial charge in [-0.15, -0.1) is 10.2 Å². The summed E-state index contributed by atoms with van der Waals surface area (Å²) >= 11 is 0. The van der Waals surface area contributed by atoms with E-state index in [-0.39, 0.29) is 11.8 Å². The standard InChI is InChI=1S/C15H18N6O2/c1-21-19-13(18-20-21)10-5-7-11(8-6-10)14(22)17-12-4-2-3-9-16-15(12)23/h5-8,12H,2-4,9H2,1H3,(H,16,23)(H,17,22)/t12-/m1/s1. The zero-order valence-corrected chi connectivity index (χ0v) is 12.8. The van der Waals surface area contributed by atoms with Gasteiger partial charge in [0.15, 0.2) is 0 Å². The van der Waals surface area contributed by atoms with Gasteiger partial charge in [0.2, 0.25) is 11.7 Å². The molecule has 0 saturated carbocycles. The minimum absolute atomic E-state index is 0.115. The molecule has 1 aliphatic rings. The molecule has 8 heteroatoms. The van der Waals surface area contributed by atoms with Crippen molar-refractivity contribution in [3.8, 4) is 11.4 Å². The first-order valence-corrected chi connectivity index (χ1v) is 7.56. The Kier molecular flexibility index (Phi) is 4.31. The van der Waals surface area contributed by atoms with Crippen LogP contribution in [-0.4, -0.2) is 44.6 Å². The monoisotopic (exact) mass is 314 g/mol. The Morgan fingerprint density at radius 1 is 1.30 bits per heavy atom. The molecule has 0 aliphatic carbocycles. The highest BCUT2D eigenvalue weighted by Gasteiger charge is 2.22. The fourth-order valence-electron chi connectivity index (χ4n) is 2.49. The Labute approximate surface area is 133 Å². The third-order valence-electron chi connectivity index (χ3n) is 3.75. The lowest BCUT2D eigenvalue weighted by atomic mass is 10.1. The van der Waals surface area contributed by atoms with Crippen molar-refractivity contribution in [3.63, 3.8) is 0 Å². The van der Waals surface area contributed by atoms with Crippen molar-refractivity contribution < 1.29 is 9.59 Å². The van der Waals surface area contributed by atoms with Gasteiger partial charge in [-0.05, 0) is 36.6 Å². The number of hydrogen-bond acceptors (Lipinski definition) is 5. The van der Waals surface area contributed by atoms with Crippen LogP contribution in [-0.2, 0) is 11.8 Å². The molecule has 0 radical (unpaired) electrons. The van der Waals surface area contributed by atoms with Crippen molar-refractivity contribution in [1.29, 1.82) is 0 Å². The second-order valence-electron chi connectivity index (χ2n) is 5.49. The molecule has 2 amide bonds. The highest BCUT2D eigenvalue weighted by atomic mass is 16.2. The molecule has 2 aromatic rings. The Hall–Kier alpha value is -2.77. The molecule has 1 atom stereocenters. The molecular weight excluding hydrogens is 296 g/mol. The largest absolute Gasteiger partial charge is 0.354 e. The van der Waals surface area contributed by atoms with Crippen LogP contribution in [0, 0.1) is 0 Å². The van der Waals surface area contributed by atoms with Gasteiger partial charge in [-0.1, -0.05) is 12.1 Å². The minimum Gasteiger partial charge on any atom is -0.354 e. The van der Waals surface area contributed by atoms with Crippen LogP contribution in [0.4, 0.5) is 0 Å². The van der Waals surface area contributed by atoms with Gasteiger partial charge in [-0.3, -0.25) is 9.59 Å². The van der Waals surface area contributed by atoms with Gasteiger partial charge in [0.1, 0.15) is 6.04 Å². The quantitative estimate of drug-likeness (QED) is 0.847. The summed E-state index contributed by atoms with van der Waals surface area (Å²) in [5.74, 6) is 0.129. The third-order valence-corrected chi connectivity index (χ3v) is 3.75. The predicted octanol–water partition coefficient (Wildman–Crippen LogP) is 0.276. The number of rotatable bonds is 3. The van der Waals surface area contributed by atoms with Gasteiger partial charge in [-0.25, -0.2) is 0 Å². The van der Waals surface area contributed by atoms with Crippen molar-refractivity contribution in [1.82, 2.24) is 30.8 Å². The van der Waals surface area contributed by atoms with Crippen LogP contribution in [0.15, 0.2) is 24.3 Å². The Balaban J connectivity index is 1.69. The molecule has 1 aromatic carbocycles.